The van der Waals surface area contributed by atoms with Gasteiger partial charge in [0, 0.05) is 4.88 Å². The summed E-state index contributed by atoms with van der Waals surface area (Å²) >= 11 is 5.46. The van der Waals surface area contributed by atoms with Crippen LogP contribution in [-0.2, 0) is 6.42 Å². The fourth-order valence-corrected chi connectivity index (χ4v) is 4.05. The average molecular weight is 352 g/mol. The molecule has 1 heterocycles. The Labute approximate surface area is 134 Å². The van der Waals surface area contributed by atoms with E-state index in [9.17, 15) is 0 Å². The quantitative estimate of drug-likeness (QED) is 0.727. The van der Waals surface area contributed by atoms with Crippen LogP contribution in [0.5, 0.6) is 0 Å². The van der Waals surface area contributed by atoms with Crippen molar-refractivity contribution in [2.24, 2.45) is 0 Å². The first-order chi connectivity index (χ1) is 9.65. The zero-order valence-corrected chi connectivity index (χ0v) is 14.8. The first-order valence-corrected chi connectivity index (χ1v) is 8.84. The summed E-state index contributed by atoms with van der Waals surface area (Å²) in [6, 6.07) is 11.6. The van der Waals surface area contributed by atoms with Gasteiger partial charge in [0.05, 0.1) is 9.83 Å². The van der Waals surface area contributed by atoms with Gasteiger partial charge in [-0.3, -0.25) is 0 Å². The van der Waals surface area contributed by atoms with E-state index in [1.165, 1.54) is 31.8 Å². The summed E-state index contributed by atoms with van der Waals surface area (Å²) in [7, 11) is 0. The highest BCUT2D eigenvalue weighted by Crippen LogP contribution is 2.34. The van der Waals surface area contributed by atoms with Crippen LogP contribution >= 0.6 is 27.3 Å². The van der Waals surface area contributed by atoms with Gasteiger partial charge >= 0.3 is 0 Å². The van der Waals surface area contributed by atoms with Gasteiger partial charge in [-0.05, 0) is 58.6 Å². The first kappa shape index (κ1) is 15.7. The molecule has 0 amide bonds. The van der Waals surface area contributed by atoms with Crippen LogP contribution in [0.3, 0.4) is 0 Å². The van der Waals surface area contributed by atoms with Crippen molar-refractivity contribution in [3.63, 3.8) is 0 Å². The Morgan fingerprint density at radius 2 is 1.90 bits per heavy atom. The fourth-order valence-electron chi connectivity index (χ4n) is 2.38. The molecule has 2 rings (SSSR count). The third kappa shape index (κ3) is 3.72. The zero-order chi connectivity index (χ0) is 14.5. The van der Waals surface area contributed by atoms with E-state index in [1.807, 2.05) is 11.3 Å². The van der Waals surface area contributed by atoms with Crippen LogP contribution in [-0.4, -0.2) is 6.54 Å². The average Bonchev–Trinajstić information content (AvgIpc) is 2.77. The maximum absolute atomic E-state index is 3.63. The van der Waals surface area contributed by atoms with E-state index in [1.54, 1.807) is 0 Å². The van der Waals surface area contributed by atoms with Crippen LogP contribution in [0.25, 0.3) is 0 Å². The first-order valence-electron chi connectivity index (χ1n) is 7.23. The van der Waals surface area contributed by atoms with E-state index in [0.29, 0.717) is 6.04 Å². The fraction of sp³-hybridized carbons (Fsp3) is 0.412. The van der Waals surface area contributed by atoms with Crippen molar-refractivity contribution in [3.05, 3.63) is 55.7 Å². The summed E-state index contributed by atoms with van der Waals surface area (Å²) in [6.07, 6.45) is 2.36. The number of halogens is 1. The molecule has 0 saturated heterocycles. The molecule has 20 heavy (non-hydrogen) atoms. The molecule has 1 aromatic carbocycles. The molecule has 0 saturated carbocycles. The Hall–Kier alpha value is -0.640. The molecule has 0 aliphatic carbocycles. The minimum absolute atomic E-state index is 0.297. The predicted molar refractivity (Wildman–Crippen MR) is 92.7 cm³/mol. The summed E-state index contributed by atoms with van der Waals surface area (Å²) in [4.78, 5) is 1.37. The molecule has 1 nitrogen and oxygen atoms in total. The summed E-state index contributed by atoms with van der Waals surface area (Å²) < 4.78 is 1.23. The van der Waals surface area contributed by atoms with Gasteiger partial charge in [-0.2, -0.15) is 0 Å². The second-order valence-electron chi connectivity index (χ2n) is 5.09. The normalized spacial score (nSPS) is 12.6. The summed E-state index contributed by atoms with van der Waals surface area (Å²) in [5, 5.41) is 3.60. The van der Waals surface area contributed by atoms with Crippen molar-refractivity contribution in [1.82, 2.24) is 5.32 Å². The molecule has 0 bridgehead atoms. The van der Waals surface area contributed by atoms with E-state index < -0.39 is 0 Å². The SMILES string of the molecule is CCCc1ccc(C(NCC)c2cc(C)c(Br)s2)cc1. The lowest BCUT2D eigenvalue weighted by molar-refractivity contribution is 0.639. The lowest BCUT2D eigenvalue weighted by atomic mass is 10.0. The van der Waals surface area contributed by atoms with Crippen LogP contribution in [0.4, 0.5) is 0 Å². The molecule has 3 heteroatoms. The maximum Gasteiger partial charge on any atom is 0.0731 e. The minimum Gasteiger partial charge on any atom is -0.306 e. The van der Waals surface area contributed by atoms with Gasteiger partial charge in [0.1, 0.15) is 0 Å². The minimum atomic E-state index is 0.297. The molecule has 1 N–H and O–H groups in total. The van der Waals surface area contributed by atoms with E-state index in [0.717, 1.165) is 13.0 Å². The van der Waals surface area contributed by atoms with Crippen LogP contribution < -0.4 is 5.32 Å². The van der Waals surface area contributed by atoms with Gasteiger partial charge in [-0.25, -0.2) is 0 Å². The highest BCUT2D eigenvalue weighted by Gasteiger charge is 2.16. The number of benzene rings is 1. The number of hydrogen-bond donors (Lipinski definition) is 1. The monoisotopic (exact) mass is 351 g/mol. The van der Waals surface area contributed by atoms with Crippen molar-refractivity contribution in [1.29, 1.82) is 0 Å². The van der Waals surface area contributed by atoms with Crippen molar-refractivity contribution in [2.45, 2.75) is 39.7 Å². The molecule has 0 aliphatic rings. The third-order valence-corrected chi connectivity index (χ3v) is 5.62. The Balaban J connectivity index is 2.27. The van der Waals surface area contributed by atoms with Crippen LogP contribution in [0.15, 0.2) is 34.1 Å². The molecule has 108 valence electrons. The van der Waals surface area contributed by atoms with Gasteiger partial charge in [0.2, 0.25) is 0 Å². The standard InChI is InChI=1S/C17H22BrNS/c1-4-6-13-7-9-14(10-8-13)16(19-5-2)15-11-12(3)17(18)20-15/h7-11,16,19H,4-6H2,1-3H3. The van der Waals surface area contributed by atoms with E-state index in [4.69, 9.17) is 0 Å². The Kier molecular flexibility index (Phi) is 5.82. The Morgan fingerprint density at radius 3 is 2.40 bits per heavy atom. The molecule has 0 aliphatic heterocycles. The van der Waals surface area contributed by atoms with Gasteiger partial charge in [0.15, 0.2) is 0 Å². The molecule has 1 aromatic heterocycles. The largest absolute Gasteiger partial charge is 0.306 e. The molecule has 1 atom stereocenters. The Morgan fingerprint density at radius 1 is 1.20 bits per heavy atom. The van der Waals surface area contributed by atoms with Gasteiger partial charge in [-0.1, -0.05) is 44.5 Å². The van der Waals surface area contributed by atoms with Crippen molar-refractivity contribution < 1.29 is 0 Å². The number of hydrogen-bond acceptors (Lipinski definition) is 2. The van der Waals surface area contributed by atoms with Gasteiger partial charge in [-0.15, -0.1) is 11.3 Å². The number of rotatable bonds is 6. The molecule has 0 spiro atoms. The molecule has 0 radical (unpaired) electrons. The smallest absolute Gasteiger partial charge is 0.0731 e. The van der Waals surface area contributed by atoms with Crippen molar-refractivity contribution in [3.8, 4) is 0 Å². The molecular formula is C17H22BrNS. The molecule has 0 fully saturated rings. The van der Waals surface area contributed by atoms with Crippen LogP contribution in [0.1, 0.15) is 47.9 Å². The number of nitrogens with one attached hydrogen (secondary N) is 1. The summed E-state index contributed by atoms with van der Waals surface area (Å²) in [5.74, 6) is 0. The highest BCUT2D eigenvalue weighted by molar-refractivity contribution is 9.11. The van der Waals surface area contributed by atoms with Gasteiger partial charge in [0.25, 0.3) is 0 Å². The molecule has 1 unspecified atom stereocenters. The zero-order valence-electron chi connectivity index (χ0n) is 12.4. The molecule has 2 aromatic rings. The second-order valence-corrected chi connectivity index (χ2v) is 7.49. The summed E-state index contributed by atoms with van der Waals surface area (Å²) in [6.45, 7) is 7.50. The topological polar surface area (TPSA) is 12.0 Å². The second kappa shape index (κ2) is 7.39. The third-order valence-electron chi connectivity index (χ3n) is 3.42. The van der Waals surface area contributed by atoms with Crippen LogP contribution in [0, 0.1) is 6.92 Å². The number of aryl methyl sites for hydroxylation is 2. The number of thiophene rings is 1. The maximum atomic E-state index is 3.63. The van der Waals surface area contributed by atoms with E-state index in [2.05, 4.69) is 72.3 Å². The predicted octanol–water partition coefficient (Wildman–Crippen LogP) is 5.47. The van der Waals surface area contributed by atoms with Crippen molar-refractivity contribution in [2.75, 3.05) is 6.54 Å². The molecular weight excluding hydrogens is 330 g/mol. The summed E-state index contributed by atoms with van der Waals surface area (Å²) in [5.41, 5.74) is 4.09. The van der Waals surface area contributed by atoms with Crippen LogP contribution in [0.2, 0.25) is 0 Å². The van der Waals surface area contributed by atoms with Crippen molar-refractivity contribution >= 4 is 27.3 Å². The lowest BCUT2D eigenvalue weighted by Gasteiger charge is -2.17. The highest BCUT2D eigenvalue weighted by atomic mass is 79.9. The van der Waals surface area contributed by atoms with E-state index in [-0.39, 0.29) is 0 Å². The Bertz CT molecular complexity index is 525. The lowest BCUT2D eigenvalue weighted by Crippen LogP contribution is -2.21. The van der Waals surface area contributed by atoms with Gasteiger partial charge < -0.3 is 5.32 Å². The van der Waals surface area contributed by atoms with E-state index >= 15 is 0 Å².